The second-order valence-corrected chi connectivity index (χ2v) is 6.06. The van der Waals surface area contributed by atoms with Gasteiger partial charge in [-0.25, -0.2) is 0 Å². The first-order valence-electron chi connectivity index (χ1n) is 8.14. The Morgan fingerprint density at radius 1 is 1.17 bits per heavy atom. The normalized spacial score (nSPS) is 12.2. The highest BCUT2D eigenvalue weighted by Crippen LogP contribution is 2.13. The number of rotatable bonds is 9. The zero-order valence-corrected chi connectivity index (χ0v) is 14.9. The molecule has 1 aromatic rings. The first-order chi connectivity index (χ1) is 11.4. The zero-order chi connectivity index (χ0) is 17.9. The number of nitrogens with one attached hydrogen (secondary N) is 1. The summed E-state index contributed by atoms with van der Waals surface area (Å²) < 4.78 is 9.76. The monoisotopic (exact) mass is 333 g/mol. The largest absolute Gasteiger partial charge is 0.497 e. The Hall–Kier alpha value is -2.30. The molecule has 1 atom stereocenters. The Morgan fingerprint density at radius 3 is 2.38 bits per heavy atom. The van der Waals surface area contributed by atoms with Gasteiger partial charge in [0.1, 0.15) is 5.75 Å². The summed E-state index contributed by atoms with van der Waals surface area (Å²) in [5.74, 6) is 0.781. The van der Waals surface area contributed by atoms with E-state index in [0.717, 1.165) is 17.7 Å². The van der Waals surface area contributed by atoms with Crippen LogP contribution in [0.2, 0.25) is 0 Å². The lowest BCUT2D eigenvalue weighted by Gasteiger charge is -2.19. The molecular formula is C19H27NO4. The maximum atomic E-state index is 12.1. The van der Waals surface area contributed by atoms with Gasteiger partial charge in [0.2, 0.25) is 5.91 Å². The van der Waals surface area contributed by atoms with Gasteiger partial charge in [0.25, 0.3) is 0 Å². The Morgan fingerprint density at radius 2 is 1.83 bits per heavy atom. The second-order valence-electron chi connectivity index (χ2n) is 6.06. The van der Waals surface area contributed by atoms with Crippen molar-refractivity contribution in [1.29, 1.82) is 0 Å². The number of carbonyl (C=O) groups is 2. The first-order valence-corrected chi connectivity index (χ1v) is 8.14. The van der Waals surface area contributed by atoms with Crippen LogP contribution in [0.4, 0.5) is 0 Å². The fraction of sp³-hybridized carbons (Fsp3) is 0.474. The lowest BCUT2D eigenvalue weighted by molar-refractivity contribution is -0.141. The van der Waals surface area contributed by atoms with E-state index in [0.29, 0.717) is 18.8 Å². The van der Waals surface area contributed by atoms with Crippen molar-refractivity contribution in [1.82, 2.24) is 5.32 Å². The van der Waals surface area contributed by atoms with Crippen LogP contribution in [0.5, 0.6) is 5.75 Å². The van der Waals surface area contributed by atoms with Gasteiger partial charge < -0.3 is 14.8 Å². The molecule has 0 aliphatic heterocycles. The van der Waals surface area contributed by atoms with Gasteiger partial charge in [-0.2, -0.15) is 0 Å². The molecule has 1 rings (SSSR count). The Kier molecular flexibility index (Phi) is 8.61. The summed E-state index contributed by atoms with van der Waals surface area (Å²) in [6, 6.07) is 7.40. The van der Waals surface area contributed by atoms with E-state index >= 15 is 0 Å². The number of amides is 1. The number of hydrogen-bond acceptors (Lipinski definition) is 4. The number of carbonyl (C=O) groups excluding carboxylic acids is 2. The zero-order valence-electron chi connectivity index (χ0n) is 14.9. The third kappa shape index (κ3) is 7.81. The summed E-state index contributed by atoms with van der Waals surface area (Å²) >= 11 is 0. The molecule has 0 saturated heterocycles. The molecule has 132 valence electrons. The van der Waals surface area contributed by atoms with Crippen LogP contribution in [-0.4, -0.2) is 32.1 Å². The van der Waals surface area contributed by atoms with Gasteiger partial charge in [-0.15, -0.1) is 0 Å². The lowest BCUT2D eigenvalue weighted by atomic mass is 9.99. The predicted molar refractivity (Wildman–Crippen MR) is 94.7 cm³/mol. The summed E-state index contributed by atoms with van der Waals surface area (Å²) in [6.07, 6.45) is 4.96. The lowest BCUT2D eigenvalue weighted by Crippen LogP contribution is -2.35. The van der Waals surface area contributed by atoms with Crippen LogP contribution in [0.1, 0.15) is 38.7 Å². The molecular weight excluding hydrogens is 306 g/mol. The summed E-state index contributed by atoms with van der Waals surface area (Å²) in [6.45, 7) is 4.18. The van der Waals surface area contributed by atoms with E-state index in [1.54, 1.807) is 13.2 Å². The molecule has 0 aromatic heterocycles. The number of esters is 1. The van der Waals surface area contributed by atoms with E-state index in [1.165, 1.54) is 13.2 Å². The van der Waals surface area contributed by atoms with E-state index in [4.69, 9.17) is 4.74 Å². The van der Waals surface area contributed by atoms with E-state index < -0.39 is 0 Å². The molecule has 1 aromatic carbocycles. The van der Waals surface area contributed by atoms with Crippen molar-refractivity contribution in [3.63, 3.8) is 0 Å². The first kappa shape index (κ1) is 19.7. The summed E-state index contributed by atoms with van der Waals surface area (Å²) in [5, 5.41) is 2.96. The van der Waals surface area contributed by atoms with Gasteiger partial charge in [0.05, 0.1) is 14.2 Å². The minimum Gasteiger partial charge on any atom is -0.497 e. The van der Waals surface area contributed by atoms with Gasteiger partial charge in [0.15, 0.2) is 0 Å². The third-order valence-corrected chi connectivity index (χ3v) is 3.57. The molecule has 0 aliphatic carbocycles. The summed E-state index contributed by atoms with van der Waals surface area (Å²) in [4.78, 5) is 23.4. The number of hydrogen-bond donors (Lipinski definition) is 1. The minimum atomic E-state index is -0.258. The van der Waals surface area contributed by atoms with Crippen LogP contribution in [-0.2, 0) is 14.3 Å². The molecule has 5 heteroatoms. The Labute approximate surface area is 144 Å². The van der Waals surface area contributed by atoms with Crippen LogP contribution in [0, 0.1) is 5.92 Å². The molecule has 0 saturated carbocycles. The number of benzene rings is 1. The van der Waals surface area contributed by atoms with Crippen molar-refractivity contribution in [3.8, 4) is 5.75 Å². The highest BCUT2D eigenvalue weighted by molar-refractivity contribution is 5.91. The van der Waals surface area contributed by atoms with Gasteiger partial charge in [-0.3, -0.25) is 9.59 Å². The van der Waals surface area contributed by atoms with Crippen molar-refractivity contribution in [2.45, 2.75) is 39.2 Å². The van der Waals surface area contributed by atoms with Crippen LogP contribution >= 0.6 is 0 Å². The molecule has 0 heterocycles. The van der Waals surface area contributed by atoms with Gasteiger partial charge >= 0.3 is 5.97 Å². The fourth-order valence-electron chi connectivity index (χ4n) is 2.35. The molecule has 0 unspecified atom stereocenters. The van der Waals surface area contributed by atoms with Crippen molar-refractivity contribution in [3.05, 3.63) is 35.9 Å². The molecule has 0 spiro atoms. The maximum Gasteiger partial charge on any atom is 0.305 e. The van der Waals surface area contributed by atoms with Gasteiger partial charge in [-0.1, -0.05) is 26.0 Å². The molecule has 0 aliphatic rings. The van der Waals surface area contributed by atoms with E-state index in [9.17, 15) is 9.59 Å². The Balaban J connectivity index is 2.58. The van der Waals surface area contributed by atoms with Crippen LogP contribution in [0.15, 0.2) is 30.3 Å². The smallest absolute Gasteiger partial charge is 0.305 e. The van der Waals surface area contributed by atoms with Crippen molar-refractivity contribution >= 4 is 18.0 Å². The van der Waals surface area contributed by atoms with E-state index in [2.05, 4.69) is 23.9 Å². The molecule has 1 amide bonds. The van der Waals surface area contributed by atoms with Crippen molar-refractivity contribution in [2.75, 3.05) is 14.2 Å². The molecule has 0 radical (unpaired) electrons. The predicted octanol–water partition coefficient (Wildman–Crippen LogP) is 3.19. The van der Waals surface area contributed by atoms with E-state index in [-0.39, 0.29) is 17.9 Å². The highest BCUT2D eigenvalue weighted by Gasteiger charge is 2.14. The minimum absolute atomic E-state index is 0.0443. The SMILES string of the molecule is COC(=O)CC[C@@H](CC(C)C)NC(=O)/C=C/c1ccc(OC)cc1. The van der Waals surface area contributed by atoms with E-state index in [1.807, 2.05) is 24.3 Å². The standard InChI is InChI=1S/C19H27NO4/c1-14(2)13-16(8-12-19(22)24-4)20-18(21)11-7-15-5-9-17(23-3)10-6-15/h5-7,9-11,14,16H,8,12-13H2,1-4H3,(H,20,21)/b11-7+/t16-/m0/s1. The van der Waals surface area contributed by atoms with Crippen LogP contribution in [0.25, 0.3) is 6.08 Å². The molecule has 24 heavy (non-hydrogen) atoms. The highest BCUT2D eigenvalue weighted by atomic mass is 16.5. The summed E-state index contributed by atoms with van der Waals surface area (Å²) in [7, 11) is 2.98. The average molecular weight is 333 g/mol. The second kappa shape index (κ2) is 10.5. The maximum absolute atomic E-state index is 12.1. The van der Waals surface area contributed by atoms with Crippen LogP contribution in [0.3, 0.4) is 0 Å². The summed E-state index contributed by atoms with van der Waals surface area (Å²) in [5.41, 5.74) is 0.918. The van der Waals surface area contributed by atoms with Gasteiger partial charge in [-0.05, 0) is 42.5 Å². The quantitative estimate of drug-likeness (QED) is 0.557. The van der Waals surface area contributed by atoms with Gasteiger partial charge in [0, 0.05) is 18.5 Å². The number of ether oxygens (including phenoxy) is 2. The fourth-order valence-corrected chi connectivity index (χ4v) is 2.35. The number of methoxy groups -OCH3 is 2. The molecule has 0 fully saturated rings. The third-order valence-electron chi connectivity index (χ3n) is 3.57. The topological polar surface area (TPSA) is 64.6 Å². The van der Waals surface area contributed by atoms with Crippen molar-refractivity contribution in [2.24, 2.45) is 5.92 Å². The van der Waals surface area contributed by atoms with Crippen LogP contribution < -0.4 is 10.1 Å². The van der Waals surface area contributed by atoms with Crippen molar-refractivity contribution < 1.29 is 19.1 Å². The molecule has 0 bridgehead atoms. The average Bonchev–Trinajstić information content (AvgIpc) is 2.57. The molecule has 5 nitrogen and oxygen atoms in total. The molecule has 1 N–H and O–H groups in total. The Bertz CT molecular complexity index is 549.